The van der Waals surface area contributed by atoms with Gasteiger partial charge in [-0.3, -0.25) is 0 Å². The molecule has 1 amide bonds. The average Bonchev–Trinajstić information content (AvgIpc) is 2.05. The zero-order valence-electron chi connectivity index (χ0n) is 6.20. The fourth-order valence-corrected chi connectivity index (χ4v) is 1.08. The summed E-state index contributed by atoms with van der Waals surface area (Å²) < 4.78 is 0.700. The Kier molecular flexibility index (Phi) is 2.83. The number of quaternary nitrogens is 1. The molecule has 0 saturated heterocycles. The molecule has 0 aromatic heterocycles. The van der Waals surface area contributed by atoms with Gasteiger partial charge >= 0.3 is 73.8 Å². The van der Waals surface area contributed by atoms with Gasteiger partial charge in [0.2, 0.25) is 0 Å². The molecule has 0 aliphatic rings. The van der Waals surface area contributed by atoms with Crippen molar-refractivity contribution < 1.29 is 8.71 Å². The monoisotopic (exact) mass is 215 g/mol. The van der Waals surface area contributed by atoms with Crippen LogP contribution in [0.3, 0.4) is 0 Å². The van der Waals surface area contributed by atoms with E-state index < -0.39 is 0 Å². The van der Waals surface area contributed by atoms with E-state index in [1.165, 1.54) is 0 Å². The molecule has 2 nitrogen and oxygen atoms in total. The Morgan fingerprint density at radius 3 is 2.36 bits per heavy atom. The van der Waals surface area contributed by atoms with Crippen molar-refractivity contribution >= 4 is 27.8 Å². The second kappa shape index (κ2) is 3.67. The molecule has 3 heteroatoms. The van der Waals surface area contributed by atoms with Gasteiger partial charge in [0.25, 0.3) is 0 Å². The molecule has 0 saturated carbocycles. The number of rotatable bonds is 1. The van der Waals surface area contributed by atoms with Crippen molar-refractivity contribution in [1.82, 2.24) is 0 Å². The zero-order chi connectivity index (χ0) is 8.27. The molecular weight excluding hydrogens is 205 g/mol. The Labute approximate surface area is 74.2 Å². The fourth-order valence-electron chi connectivity index (χ4n) is 0.793. The molecule has 1 unspecified atom stereocenters. The van der Waals surface area contributed by atoms with Gasteiger partial charge in [0.1, 0.15) is 0 Å². The number of hydrogen-bond acceptors (Lipinski definition) is 1. The van der Waals surface area contributed by atoms with Crippen molar-refractivity contribution in [2.75, 3.05) is 0 Å². The number of nitrogens with one attached hydrogen (secondary N) is 1. The summed E-state index contributed by atoms with van der Waals surface area (Å²) in [6, 6.07) is 9.57. The summed E-state index contributed by atoms with van der Waals surface area (Å²) in [4.78, 5) is 10.9. The molecule has 0 fully saturated rings. The van der Waals surface area contributed by atoms with E-state index in [1.54, 1.807) is 6.92 Å². The number of benzene rings is 1. The molecule has 1 rings (SSSR count). The summed E-state index contributed by atoms with van der Waals surface area (Å²) in [6.07, 6.45) is 0. The molecule has 0 aliphatic carbocycles. The molecule has 1 atom stereocenters. The number of carbonyl (C=O) groups is 1. The first-order valence-corrected chi connectivity index (χ1v) is 4.18. The number of hydrogen-bond donors (Lipinski definition) is 1. The van der Waals surface area contributed by atoms with E-state index in [9.17, 15) is 4.79 Å². The first kappa shape index (κ1) is 8.47. The Bertz CT molecular complexity index is 248. The molecular formula is C8H9NOSe. The maximum absolute atomic E-state index is 10.9. The Morgan fingerprint density at radius 1 is 1.36 bits per heavy atom. The van der Waals surface area contributed by atoms with Crippen molar-refractivity contribution in [1.29, 1.82) is 0 Å². The minimum absolute atomic E-state index is 0.0798. The topological polar surface area (TPSA) is 21.5 Å². The molecule has 11 heavy (non-hydrogen) atoms. The van der Waals surface area contributed by atoms with Gasteiger partial charge in [0.15, 0.2) is 0 Å². The second-order valence-corrected chi connectivity index (χ2v) is 3.11. The second-order valence-electron chi connectivity index (χ2n) is 2.25. The van der Waals surface area contributed by atoms with Crippen LogP contribution in [-0.4, -0.2) is 22.1 Å². The average molecular weight is 214 g/mol. The van der Waals surface area contributed by atoms with Crippen LogP contribution in [0.1, 0.15) is 6.92 Å². The van der Waals surface area contributed by atoms with E-state index in [0.717, 1.165) is 5.69 Å². The van der Waals surface area contributed by atoms with E-state index in [-0.39, 0.29) is 5.91 Å². The van der Waals surface area contributed by atoms with Crippen LogP contribution in [0.5, 0.6) is 0 Å². The summed E-state index contributed by atoms with van der Waals surface area (Å²) in [5.41, 5.74) is 0.958. The van der Waals surface area contributed by atoms with Crippen LogP contribution in [0, 0.1) is 0 Å². The predicted molar refractivity (Wildman–Crippen MR) is 43.5 cm³/mol. The van der Waals surface area contributed by atoms with Crippen LogP contribution in [-0.2, 0) is 4.79 Å². The summed E-state index contributed by atoms with van der Waals surface area (Å²) in [6.45, 7) is 1.55. The van der Waals surface area contributed by atoms with Crippen LogP contribution in [0.4, 0.5) is 5.69 Å². The molecule has 1 N–H and O–H groups in total. The van der Waals surface area contributed by atoms with Gasteiger partial charge in [0, 0.05) is 0 Å². The van der Waals surface area contributed by atoms with Gasteiger partial charge in [-0.1, -0.05) is 0 Å². The van der Waals surface area contributed by atoms with Crippen molar-refractivity contribution in [2.24, 2.45) is 0 Å². The molecule has 0 bridgehead atoms. The van der Waals surface area contributed by atoms with Crippen molar-refractivity contribution in [3.05, 3.63) is 30.3 Å². The van der Waals surface area contributed by atoms with Gasteiger partial charge in [-0.05, 0) is 0 Å². The Hall–Kier alpha value is -0.631. The molecule has 0 radical (unpaired) electrons. The van der Waals surface area contributed by atoms with E-state index in [2.05, 4.69) is 16.2 Å². The Balaban J connectivity index is 2.85. The van der Waals surface area contributed by atoms with Crippen LogP contribution < -0.4 is 3.92 Å². The standard InChI is InChI=1S/C8H9NOSe/c1-7(10)9(11)8-5-3-2-4-6-8/h2-6,9H,1H3. The van der Waals surface area contributed by atoms with Gasteiger partial charge in [-0.15, -0.1) is 0 Å². The van der Waals surface area contributed by atoms with E-state index in [4.69, 9.17) is 0 Å². The SMILES string of the molecule is CC(=O)[NH+]([Se-])c1ccccc1. The maximum atomic E-state index is 10.9. The first-order valence-electron chi connectivity index (χ1n) is 3.32. The molecule has 1 aromatic carbocycles. The van der Waals surface area contributed by atoms with E-state index in [0.29, 0.717) is 3.92 Å². The van der Waals surface area contributed by atoms with Crippen LogP contribution >= 0.6 is 0 Å². The summed E-state index contributed by atoms with van der Waals surface area (Å²) in [5, 5.41) is 0. The number of amides is 1. The van der Waals surface area contributed by atoms with Crippen LogP contribution in [0.2, 0.25) is 0 Å². The van der Waals surface area contributed by atoms with Crippen molar-refractivity contribution in [3.8, 4) is 0 Å². The van der Waals surface area contributed by atoms with Crippen molar-refractivity contribution in [3.63, 3.8) is 0 Å². The third kappa shape index (κ3) is 2.15. The predicted octanol–water partition coefficient (Wildman–Crippen LogP) is -0.167. The van der Waals surface area contributed by atoms with Crippen molar-refractivity contribution in [2.45, 2.75) is 6.92 Å². The quantitative estimate of drug-likeness (QED) is 0.644. The summed E-state index contributed by atoms with van der Waals surface area (Å²) >= 11 is 2.76. The van der Waals surface area contributed by atoms with Crippen LogP contribution in [0.15, 0.2) is 30.3 Å². The van der Waals surface area contributed by atoms with Gasteiger partial charge in [0.05, 0.1) is 0 Å². The zero-order valence-corrected chi connectivity index (χ0v) is 7.92. The van der Waals surface area contributed by atoms with Crippen LogP contribution in [0.25, 0.3) is 0 Å². The summed E-state index contributed by atoms with van der Waals surface area (Å²) in [5.74, 6) is 0.0798. The van der Waals surface area contributed by atoms with Gasteiger partial charge < -0.3 is 0 Å². The normalized spacial score (nSPS) is 12.5. The van der Waals surface area contributed by atoms with Gasteiger partial charge in [-0.2, -0.15) is 0 Å². The number of carbonyl (C=O) groups excluding carboxylic acids is 1. The Morgan fingerprint density at radius 2 is 1.91 bits per heavy atom. The van der Waals surface area contributed by atoms with E-state index >= 15 is 0 Å². The third-order valence-electron chi connectivity index (χ3n) is 1.36. The third-order valence-corrected chi connectivity index (χ3v) is 2.45. The first-order chi connectivity index (χ1) is 5.22. The summed E-state index contributed by atoms with van der Waals surface area (Å²) in [7, 11) is 0. The van der Waals surface area contributed by atoms with Gasteiger partial charge in [-0.25, -0.2) is 0 Å². The molecule has 0 spiro atoms. The molecule has 1 aromatic rings. The molecule has 0 heterocycles. The number of para-hydroxylation sites is 1. The molecule has 58 valence electrons. The fraction of sp³-hybridized carbons (Fsp3) is 0.125. The van der Waals surface area contributed by atoms with E-state index in [1.807, 2.05) is 30.3 Å². The minimum atomic E-state index is 0.0798. The molecule has 0 aliphatic heterocycles.